The first-order valence-corrected chi connectivity index (χ1v) is 7.02. The molecule has 0 saturated heterocycles. The number of nitrogens with two attached hydrogens (primary N) is 1. The number of fused-ring (bicyclic) bond motifs is 2. The summed E-state index contributed by atoms with van der Waals surface area (Å²) in [5.74, 6) is 6.75. The predicted molar refractivity (Wildman–Crippen MR) is 82.5 cm³/mol. The minimum absolute atomic E-state index is 0.587. The molecule has 0 amide bonds. The van der Waals surface area contributed by atoms with Crippen LogP contribution in [0.5, 0.6) is 0 Å². The summed E-state index contributed by atoms with van der Waals surface area (Å²) < 4.78 is 1.89. The second-order valence-electron chi connectivity index (χ2n) is 5.24. The maximum atomic E-state index is 5.47. The lowest BCUT2D eigenvalue weighted by atomic mass is 10.1. The van der Waals surface area contributed by atoms with Crippen LogP contribution in [0.2, 0.25) is 0 Å². The Morgan fingerprint density at radius 2 is 2.10 bits per heavy atom. The second-order valence-corrected chi connectivity index (χ2v) is 5.24. The van der Waals surface area contributed by atoms with Crippen molar-refractivity contribution in [2.75, 3.05) is 10.7 Å². The van der Waals surface area contributed by atoms with E-state index < -0.39 is 0 Å². The fourth-order valence-electron chi connectivity index (χ4n) is 2.87. The highest BCUT2D eigenvalue weighted by atomic mass is 15.3. The lowest BCUT2D eigenvalue weighted by molar-refractivity contribution is 0.912. The number of aromatic nitrogens is 3. The summed E-state index contributed by atoms with van der Waals surface area (Å²) in [5, 5.41) is 3.35. The number of imidazole rings is 1. The van der Waals surface area contributed by atoms with E-state index in [1.807, 2.05) is 10.6 Å². The van der Waals surface area contributed by atoms with Crippen molar-refractivity contribution in [2.45, 2.75) is 19.3 Å². The van der Waals surface area contributed by atoms with Crippen LogP contribution in [0.3, 0.4) is 0 Å². The molecule has 106 valence electrons. The fraction of sp³-hybridized carbons (Fsp3) is 0.200. The Balaban J connectivity index is 1.75. The smallest absolute Gasteiger partial charge is 0.180 e. The molecule has 0 unspecified atom stereocenters. The lowest BCUT2D eigenvalue weighted by Crippen LogP contribution is -2.11. The summed E-state index contributed by atoms with van der Waals surface area (Å²) in [5.41, 5.74) is 7.26. The van der Waals surface area contributed by atoms with Crippen molar-refractivity contribution in [3.8, 4) is 0 Å². The molecule has 6 nitrogen and oxygen atoms in total. The summed E-state index contributed by atoms with van der Waals surface area (Å²) in [7, 11) is 0. The predicted octanol–water partition coefficient (Wildman–Crippen LogP) is 2.25. The minimum atomic E-state index is 0.587. The number of hydrazine groups is 1. The molecule has 0 bridgehead atoms. The van der Waals surface area contributed by atoms with Gasteiger partial charge in [0.05, 0.1) is 6.20 Å². The van der Waals surface area contributed by atoms with Crippen molar-refractivity contribution < 1.29 is 0 Å². The Labute approximate surface area is 122 Å². The molecule has 0 aliphatic heterocycles. The van der Waals surface area contributed by atoms with Gasteiger partial charge in [0.2, 0.25) is 0 Å². The summed E-state index contributed by atoms with van der Waals surface area (Å²) >= 11 is 0. The summed E-state index contributed by atoms with van der Waals surface area (Å²) in [6, 6.07) is 6.48. The van der Waals surface area contributed by atoms with Gasteiger partial charge in [0.25, 0.3) is 0 Å². The van der Waals surface area contributed by atoms with Crippen molar-refractivity contribution in [1.29, 1.82) is 0 Å². The zero-order chi connectivity index (χ0) is 14.2. The maximum Gasteiger partial charge on any atom is 0.180 e. The molecule has 21 heavy (non-hydrogen) atoms. The van der Waals surface area contributed by atoms with Crippen LogP contribution < -0.4 is 16.6 Å². The molecule has 4 N–H and O–H groups in total. The highest BCUT2D eigenvalue weighted by molar-refractivity contribution is 5.72. The van der Waals surface area contributed by atoms with Crippen molar-refractivity contribution in [3.63, 3.8) is 0 Å². The molecule has 6 heteroatoms. The standard InChI is InChI=1S/C15H16N6/c16-20-13-9-21-7-6-17-15(21)14(19-13)18-12-5-4-10-2-1-3-11(10)8-12/h4-9,20H,1-3,16H2,(H,18,19). The van der Waals surface area contributed by atoms with Crippen LogP contribution in [0, 0.1) is 0 Å². The van der Waals surface area contributed by atoms with Gasteiger partial charge >= 0.3 is 0 Å². The van der Waals surface area contributed by atoms with Gasteiger partial charge in [-0.25, -0.2) is 15.8 Å². The number of rotatable bonds is 3. The average molecular weight is 280 g/mol. The van der Waals surface area contributed by atoms with Gasteiger partial charge in [0.1, 0.15) is 0 Å². The third kappa shape index (κ3) is 2.09. The second kappa shape index (κ2) is 4.75. The van der Waals surface area contributed by atoms with Crippen LogP contribution in [0.15, 0.2) is 36.8 Å². The van der Waals surface area contributed by atoms with Gasteiger partial charge in [-0.05, 0) is 42.5 Å². The van der Waals surface area contributed by atoms with Gasteiger partial charge in [-0.3, -0.25) is 0 Å². The number of hydrogen-bond donors (Lipinski definition) is 3. The first-order chi connectivity index (χ1) is 10.3. The number of nitrogen functional groups attached to an aromatic ring is 1. The van der Waals surface area contributed by atoms with Crippen LogP contribution in [-0.2, 0) is 12.8 Å². The Hall–Kier alpha value is -2.60. The van der Waals surface area contributed by atoms with Gasteiger partial charge in [-0.15, -0.1) is 0 Å². The third-order valence-corrected chi connectivity index (χ3v) is 3.88. The van der Waals surface area contributed by atoms with Crippen molar-refractivity contribution in [3.05, 3.63) is 47.9 Å². The van der Waals surface area contributed by atoms with Gasteiger partial charge < -0.3 is 15.1 Å². The van der Waals surface area contributed by atoms with E-state index in [1.54, 1.807) is 12.4 Å². The Kier molecular flexibility index (Phi) is 2.75. The van der Waals surface area contributed by atoms with E-state index in [4.69, 9.17) is 5.84 Å². The quantitative estimate of drug-likeness (QED) is 0.506. The van der Waals surface area contributed by atoms with Crippen molar-refractivity contribution in [1.82, 2.24) is 14.4 Å². The highest BCUT2D eigenvalue weighted by Gasteiger charge is 2.12. The van der Waals surface area contributed by atoms with E-state index >= 15 is 0 Å². The monoisotopic (exact) mass is 280 g/mol. The molecule has 0 fully saturated rings. The van der Waals surface area contributed by atoms with E-state index in [1.165, 1.54) is 24.0 Å². The van der Waals surface area contributed by atoms with Crippen LogP contribution in [0.25, 0.3) is 5.65 Å². The molecule has 4 rings (SSSR count). The Bertz CT molecular complexity index is 807. The minimum Gasteiger partial charge on any atom is -0.337 e. The number of benzene rings is 1. The van der Waals surface area contributed by atoms with Crippen LogP contribution in [0.1, 0.15) is 17.5 Å². The normalized spacial score (nSPS) is 13.4. The molecule has 0 atom stereocenters. The first-order valence-electron chi connectivity index (χ1n) is 7.02. The topological polar surface area (TPSA) is 80.3 Å². The summed E-state index contributed by atoms with van der Waals surface area (Å²) in [6.07, 6.45) is 8.99. The summed E-state index contributed by atoms with van der Waals surface area (Å²) in [6.45, 7) is 0. The van der Waals surface area contributed by atoms with Gasteiger partial charge in [-0.2, -0.15) is 0 Å². The Morgan fingerprint density at radius 1 is 1.19 bits per heavy atom. The SMILES string of the molecule is NNc1cn2ccnc2c(Nc2ccc3c(c2)CCC3)n1. The Morgan fingerprint density at radius 3 is 3.00 bits per heavy atom. The zero-order valence-corrected chi connectivity index (χ0v) is 11.5. The molecule has 1 aliphatic rings. The molecular formula is C15H16N6. The van der Waals surface area contributed by atoms with E-state index in [-0.39, 0.29) is 0 Å². The van der Waals surface area contributed by atoms with Crippen molar-refractivity contribution >= 4 is 23.0 Å². The third-order valence-electron chi connectivity index (χ3n) is 3.88. The van der Waals surface area contributed by atoms with E-state index in [9.17, 15) is 0 Å². The van der Waals surface area contributed by atoms with Crippen LogP contribution >= 0.6 is 0 Å². The molecule has 1 aliphatic carbocycles. The number of nitrogens with zero attached hydrogens (tertiary/aromatic N) is 3. The summed E-state index contributed by atoms with van der Waals surface area (Å²) in [4.78, 5) is 8.78. The highest BCUT2D eigenvalue weighted by Crippen LogP contribution is 2.27. The fourth-order valence-corrected chi connectivity index (χ4v) is 2.87. The van der Waals surface area contributed by atoms with E-state index in [2.05, 4.69) is 38.9 Å². The van der Waals surface area contributed by atoms with Crippen LogP contribution in [-0.4, -0.2) is 14.4 Å². The van der Waals surface area contributed by atoms with Crippen molar-refractivity contribution in [2.24, 2.45) is 5.84 Å². The molecule has 3 aromatic rings. The van der Waals surface area contributed by atoms with E-state index in [0.717, 1.165) is 17.8 Å². The van der Waals surface area contributed by atoms with E-state index in [0.29, 0.717) is 11.6 Å². The van der Waals surface area contributed by atoms with Gasteiger partial charge in [0.15, 0.2) is 17.3 Å². The molecule has 1 aromatic carbocycles. The zero-order valence-electron chi connectivity index (χ0n) is 11.5. The molecular weight excluding hydrogens is 264 g/mol. The largest absolute Gasteiger partial charge is 0.337 e. The van der Waals surface area contributed by atoms with Crippen LogP contribution in [0.4, 0.5) is 17.3 Å². The number of nitrogens with one attached hydrogen (secondary N) is 2. The maximum absolute atomic E-state index is 5.47. The molecule has 0 radical (unpaired) electrons. The van der Waals surface area contributed by atoms with Gasteiger partial charge in [0, 0.05) is 18.1 Å². The number of anilines is 3. The van der Waals surface area contributed by atoms with Gasteiger partial charge in [-0.1, -0.05) is 6.07 Å². The molecule has 0 spiro atoms. The molecule has 2 aromatic heterocycles. The average Bonchev–Trinajstić information content (AvgIpc) is 3.14. The molecule has 0 saturated carbocycles. The lowest BCUT2D eigenvalue weighted by Gasteiger charge is -2.10. The first kappa shape index (κ1) is 12.2. The molecule has 2 heterocycles. The number of hydrogen-bond acceptors (Lipinski definition) is 5. The number of aryl methyl sites for hydroxylation is 2.